The molecule has 4 unspecified atom stereocenters. The molecule has 0 radical (unpaired) electrons. The molecular weight excluding hydrogens is 1510 g/mol. The van der Waals surface area contributed by atoms with Gasteiger partial charge in [0, 0.05) is 227 Å². The Morgan fingerprint density at radius 2 is 0.775 bits per heavy atom. The molecule has 16 nitrogen and oxygen atoms in total. The van der Waals surface area contributed by atoms with E-state index < -0.39 is 11.6 Å². The van der Waals surface area contributed by atoms with E-state index in [0.717, 1.165) is 156 Å². The highest BCUT2D eigenvalue weighted by Gasteiger charge is 2.26. The molecule has 0 aromatic heterocycles. The molecule has 7 N–H and O–H groups in total. The zero-order valence-electron chi connectivity index (χ0n) is 78.0. The van der Waals surface area contributed by atoms with Crippen molar-refractivity contribution in [2.24, 2.45) is 0 Å². The van der Waals surface area contributed by atoms with Gasteiger partial charge in [0.05, 0.1) is 6.61 Å². The lowest BCUT2D eigenvalue weighted by atomic mass is 9.93. The number of aliphatic hydroxyl groups is 1. The third kappa shape index (κ3) is 30.4. The predicted octanol–water partition coefficient (Wildman–Crippen LogP) is 18.0. The maximum Gasteiger partial charge on any atom is 0.149 e. The summed E-state index contributed by atoms with van der Waals surface area (Å²) < 4.78 is 27.9. The first-order valence-electron chi connectivity index (χ1n) is 45.6. The highest BCUT2D eigenvalue weighted by atomic mass is 35.5. The van der Waals surface area contributed by atoms with Crippen molar-refractivity contribution in [3.8, 4) is 0 Å². The number of hydrogen-bond acceptors (Lipinski definition) is 16. The van der Waals surface area contributed by atoms with E-state index in [1.807, 2.05) is 13.8 Å². The van der Waals surface area contributed by atoms with Crippen LogP contribution >= 0.6 is 11.6 Å². The summed E-state index contributed by atoms with van der Waals surface area (Å²) in [4.78, 5) is 21.1. The summed E-state index contributed by atoms with van der Waals surface area (Å²) in [7, 11) is 6.46. The van der Waals surface area contributed by atoms with Crippen LogP contribution in [0.3, 0.4) is 0 Å². The topological polar surface area (TPSA) is 122 Å². The van der Waals surface area contributed by atoms with Crippen LogP contribution in [0.5, 0.6) is 0 Å². The number of halogens is 3. The normalized spacial score (nSPS) is 19.3. The summed E-state index contributed by atoms with van der Waals surface area (Å²) >= 11 is 6.34. The summed E-state index contributed by atoms with van der Waals surface area (Å²) in [6.07, 6.45) is 0. The van der Waals surface area contributed by atoms with E-state index in [2.05, 4.69) is 331 Å². The van der Waals surface area contributed by atoms with E-state index in [4.69, 9.17) is 11.6 Å². The molecule has 19 heteroatoms. The van der Waals surface area contributed by atoms with Crippen molar-refractivity contribution in [1.82, 2.24) is 41.7 Å². The molecule has 14 rings (SSSR count). The summed E-state index contributed by atoms with van der Waals surface area (Å²) in [5.74, 6) is 2.76. The molecule has 0 saturated carbocycles. The molecule has 0 spiro atoms. The molecule has 0 amide bonds. The van der Waals surface area contributed by atoms with Gasteiger partial charge >= 0.3 is 0 Å². The molecule has 7 fully saturated rings. The Balaban J connectivity index is 0.000000174. The molecular formula is C101H158ClF2N15O. The van der Waals surface area contributed by atoms with E-state index in [0.29, 0.717) is 72.3 Å². The Bertz CT molecular complexity index is 4060. The van der Waals surface area contributed by atoms with Crippen LogP contribution in [0.15, 0.2) is 133 Å². The second-order valence-corrected chi connectivity index (χ2v) is 37.3. The Morgan fingerprint density at radius 1 is 0.383 bits per heavy atom. The number of piperazine rings is 7. The summed E-state index contributed by atoms with van der Waals surface area (Å²) in [6, 6.07) is 49.8. The molecule has 7 aromatic carbocycles. The van der Waals surface area contributed by atoms with Crippen LogP contribution < -0.4 is 66.2 Å². The van der Waals surface area contributed by atoms with E-state index in [9.17, 15) is 13.9 Å². The monoisotopic (exact) mass is 1670 g/mol. The van der Waals surface area contributed by atoms with Crippen molar-refractivity contribution in [1.29, 1.82) is 0 Å². The number of rotatable bonds is 17. The van der Waals surface area contributed by atoms with Gasteiger partial charge in [0.1, 0.15) is 17.3 Å². The predicted molar refractivity (Wildman–Crippen MR) is 516 cm³/mol. The van der Waals surface area contributed by atoms with Crippen LogP contribution in [0.4, 0.5) is 48.6 Å². The van der Waals surface area contributed by atoms with E-state index in [-0.39, 0.29) is 24.3 Å². The lowest BCUT2D eigenvalue weighted by Crippen LogP contribution is -2.54. The Labute approximate surface area is 731 Å². The molecule has 7 saturated heterocycles. The minimum atomic E-state index is -0.449. The fourth-order valence-corrected chi connectivity index (χ4v) is 17.2. The molecule has 664 valence electrons. The highest BCUT2D eigenvalue weighted by Crippen LogP contribution is 2.34. The van der Waals surface area contributed by atoms with Crippen LogP contribution in [-0.2, 0) is 6.54 Å². The van der Waals surface area contributed by atoms with Crippen molar-refractivity contribution < 1.29 is 13.9 Å². The zero-order valence-corrected chi connectivity index (χ0v) is 78.8. The fourth-order valence-electron chi connectivity index (χ4n) is 16.8. The fraction of sp³-hybridized carbons (Fsp3) is 0.584. The number of hydrogen-bond donors (Lipinski definition) is 7. The smallest absolute Gasteiger partial charge is 0.149 e. The van der Waals surface area contributed by atoms with Gasteiger partial charge in [0.25, 0.3) is 0 Å². The SMILES string of the molecule is CC(C)c1cc(F)c(N2CCNCC2)c(F)c1.CC(C)c1ccc(N2CCN(C)CC2)cc1Cl.CC(C)c1ccc(N2CCNC(CO)C2)cc1.CC(C)c1ccc(N2CCNCC2)c(CN(C)C)c1.CC1CN(c2ccc(C(C)C)cc2)CC(C)N1.CC1CN(c2ccc(C(C)C)cc2)CCN1.Cc1c(C(C)C)ccc(N2CCNCC2)c1C. The number of anilines is 7. The van der Waals surface area contributed by atoms with Crippen LogP contribution in [0.25, 0.3) is 0 Å². The van der Waals surface area contributed by atoms with Crippen molar-refractivity contribution >= 4 is 51.4 Å². The van der Waals surface area contributed by atoms with Gasteiger partial charge in [-0.3, -0.25) is 0 Å². The number of nitrogens with one attached hydrogen (secondary N) is 6. The maximum absolute atomic E-state index is 14.0. The Morgan fingerprint density at radius 3 is 1.21 bits per heavy atom. The van der Waals surface area contributed by atoms with Gasteiger partial charge in [-0.15, -0.1) is 0 Å². The van der Waals surface area contributed by atoms with Crippen LogP contribution in [0.1, 0.15) is 215 Å². The van der Waals surface area contributed by atoms with E-state index in [1.165, 1.54) is 96.3 Å². The van der Waals surface area contributed by atoms with Gasteiger partial charge in [0.2, 0.25) is 0 Å². The highest BCUT2D eigenvalue weighted by molar-refractivity contribution is 6.31. The molecule has 7 aliphatic rings. The summed E-state index contributed by atoms with van der Waals surface area (Å²) in [5, 5.41) is 30.4. The summed E-state index contributed by atoms with van der Waals surface area (Å²) in [5.41, 5.74) is 21.7. The molecule has 120 heavy (non-hydrogen) atoms. The number of aliphatic hydroxyl groups excluding tert-OH is 1. The van der Waals surface area contributed by atoms with E-state index in [1.54, 1.807) is 4.90 Å². The molecule has 0 aliphatic carbocycles. The standard InChI is InChI=1S/C16H27N3.2C15H24N2.C14H21ClN2.C14H22N2O.C14H22N2.C13H18F2N2/c1-13(2)14-5-6-16(15(11-14)12-18(3)4)19-9-7-17-8-10-19;1-11(2)14-5-7-15(8-6-14)17-9-12(3)16-13(4)10-17;1-11(2)14-5-6-15(13(4)12(14)3)17-9-7-16-8-10-17;1-11(2)13-5-4-12(10-14(13)15)17-8-6-16(3)7-9-17;1-11(2)12-3-5-14(6-4-12)16-8-7-15-13(9-16)10-17;1-11(2)13-4-6-14(7-5-13)16-9-8-15-12(3)10-16;1-9(2)10-7-11(14)13(12(15)8-10)17-5-3-16-4-6-17/h5-6,11,13,17H,7-10,12H2,1-4H3;5-8,11-13,16H,9-10H2,1-4H3;5-6,11,16H,7-10H2,1-4H3;4-5,10-11H,6-9H2,1-3H3;3-6,11,13,15,17H,7-10H2,1-2H3;4-7,11-12,15H,8-10H2,1-3H3;7-9,16H,3-6H2,1-2H3. The average Bonchev–Trinajstić information content (AvgIpc) is 0.817. The quantitative estimate of drug-likeness (QED) is 0.0468. The third-order valence-electron chi connectivity index (χ3n) is 24.4. The first-order chi connectivity index (χ1) is 57.3. The molecule has 7 heterocycles. The minimum Gasteiger partial charge on any atom is -0.395 e. The van der Waals surface area contributed by atoms with Crippen LogP contribution in [-0.4, -0.2) is 224 Å². The third-order valence-corrected chi connectivity index (χ3v) is 24.7. The Hall–Kier alpha value is -7.07. The second-order valence-electron chi connectivity index (χ2n) is 36.9. The van der Waals surface area contributed by atoms with Gasteiger partial charge < -0.3 is 81.1 Å². The van der Waals surface area contributed by atoms with Crippen molar-refractivity contribution in [3.63, 3.8) is 0 Å². The van der Waals surface area contributed by atoms with Crippen molar-refractivity contribution in [2.45, 2.75) is 204 Å². The largest absolute Gasteiger partial charge is 0.395 e. The van der Waals surface area contributed by atoms with Gasteiger partial charge in [-0.05, 0) is 226 Å². The molecule has 0 bridgehead atoms. The Kier molecular flexibility index (Phi) is 40.5. The number of nitrogens with zero attached hydrogens (tertiary/aromatic N) is 9. The zero-order chi connectivity index (χ0) is 87.3. The average molecular weight is 1670 g/mol. The summed E-state index contributed by atoms with van der Waals surface area (Å²) in [6.45, 7) is 67.7. The van der Waals surface area contributed by atoms with Crippen molar-refractivity contribution in [3.05, 3.63) is 206 Å². The molecule has 7 aliphatic heterocycles. The van der Waals surface area contributed by atoms with Crippen LogP contribution in [0.2, 0.25) is 5.02 Å². The van der Waals surface area contributed by atoms with Gasteiger partial charge in [0.15, 0.2) is 0 Å². The molecule has 4 atom stereocenters. The van der Waals surface area contributed by atoms with Crippen LogP contribution in [0, 0.1) is 25.5 Å². The number of benzene rings is 7. The van der Waals surface area contributed by atoms with Gasteiger partial charge in [-0.25, -0.2) is 8.78 Å². The van der Waals surface area contributed by atoms with Gasteiger partial charge in [-0.2, -0.15) is 0 Å². The maximum atomic E-state index is 14.0. The van der Waals surface area contributed by atoms with Crippen molar-refractivity contribution in [2.75, 3.05) is 219 Å². The first-order valence-corrected chi connectivity index (χ1v) is 46.0. The second kappa shape index (κ2) is 49.4. The number of likely N-dealkylation sites (N-methyl/N-ethyl adjacent to an activating group) is 1. The lowest BCUT2D eigenvalue weighted by Gasteiger charge is -2.37. The first kappa shape index (κ1) is 98.4. The molecule has 7 aromatic rings. The lowest BCUT2D eigenvalue weighted by molar-refractivity contribution is 0.235. The van der Waals surface area contributed by atoms with E-state index >= 15 is 0 Å². The van der Waals surface area contributed by atoms with Gasteiger partial charge in [-0.1, -0.05) is 169 Å². The minimum absolute atomic E-state index is 0.121.